The van der Waals surface area contributed by atoms with Crippen LogP contribution in [0.25, 0.3) is 0 Å². The van der Waals surface area contributed by atoms with Gasteiger partial charge in [0.2, 0.25) is 0 Å². The van der Waals surface area contributed by atoms with E-state index in [-0.39, 0.29) is 56.0 Å². The molecule has 0 aliphatic carbocycles. The molecule has 0 aliphatic heterocycles. The van der Waals surface area contributed by atoms with Gasteiger partial charge in [0, 0.05) is 0 Å². The number of ether oxygens (including phenoxy) is 1. The van der Waals surface area contributed by atoms with Crippen LogP contribution in [0.15, 0.2) is 0 Å². The molecule has 70 valence electrons. The quantitative estimate of drug-likeness (QED) is 0.336. The van der Waals surface area contributed by atoms with Crippen molar-refractivity contribution in [3.8, 4) is 0 Å². The van der Waals surface area contributed by atoms with Crippen LogP contribution in [0.5, 0.6) is 0 Å². The minimum absolute atomic E-state index is 0. The Morgan fingerprint density at radius 2 is 1.25 bits per heavy atom. The molecule has 0 aromatic carbocycles. The summed E-state index contributed by atoms with van der Waals surface area (Å²) in [6.07, 6.45) is -1.83. The molecular formula is C6H15NaO5. The summed E-state index contributed by atoms with van der Waals surface area (Å²) in [5.74, 6) is 0. The Hall–Kier alpha value is 0.800. The summed E-state index contributed by atoms with van der Waals surface area (Å²) < 4.78 is 4.72. The molecule has 0 aromatic heterocycles. The molecule has 12 heavy (non-hydrogen) atoms. The fraction of sp³-hybridized carbons (Fsp3) is 1.00. The third-order valence-electron chi connectivity index (χ3n) is 1.04. The molecule has 4 N–H and O–H groups in total. The normalized spacial score (nSPS) is 15.0. The third-order valence-corrected chi connectivity index (χ3v) is 1.04. The van der Waals surface area contributed by atoms with Gasteiger partial charge in [-0.25, -0.2) is 0 Å². The van der Waals surface area contributed by atoms with Gasteiger partial charge in [-0.15, -0.1) is 0 Å². The minimum atomic E-state index is -0.916. The summed E-state index contributed by atoms with van der Waals surface area (Å²) in [6, 6.07) is 0. The Kier molecular flexibility index (Phi) is 12.6. The van der Waals surface area contributed by atoms with E-state index in [1.165, 1.54) is 0 Å². The molecule has 5 nitrogen and oxygen atoms in total. The van der Waals surface area contributed by atoms with Crippen molar-refractivity contribution >= 4 is 29.6 Å². The first-order chi connectivity index (χ1) is 5.20. The monoisotopic (exact) mass is 190 g/mol. The SMILES string of the molecule is OCC(O)COCC(O)CO.[NaH]. The number of aliphatic hydroxyl groups excluding tert-OH is 4. The summed E-state index contributed by atoms with van der Waals surface area (Å²) in [5, 5.41) is 34.1. The maximum absolute atomic E-state index is 8.72. The molecule has 0 radical (unpaired) electrons. The van der Waals surface area contributed by atoms with E-state index >= 15 is 0 Å². The molecule has 6 heteroatoms. The average Bonchev–Trinajstić information content (AvgIpc) is 2.04. The van der Waals surface area contributed by atoms with Gasteiger partial charge in [-0.1, -0.05) is 0 Å². The van der Waals surface area contributed by atoms with E-state index in [0.29, 0.717) is 0 Å². The number of hydrogen-bond acceptors (Lipinski definition) is 5. The second-order valence-electron chi connectivity index (χ2n) is 2.21. The maximum atomic E-state index is 8.72. The first-order valence-electron chi connectivity index (χ1n) is 3.36. The number of rotatable bonds is 6. The molecule has 0 amide bonds. The van der Waals surface area contributed by atoms with E-state index in [1.807, 2.05) is 0 Å². The van der Waals surface area contributed by atoms with Gasteiger partial charge < -0.3 is 25.2 Å². The van der Waals surface area contributed by atoms with E-state index in [2.05, 4.69) is 0 Å². The Balaban J connectivity index is 0. The molecule has 2 unspecified atom stereocenters. The van der Waals surface area contributed by atoms with Crippen LogP contribution in [0.3, 0.4) is 0 Å². The van der Waals surface area contributed by atoms with Crippen molar-refractivity contribution in [2.45, 2.75) is 12.2 Å². The molecule has 0 spiro atoms. The first kappa shape index (κ1) is 15.3. The first-order valence-corrected chi connectivity index (χ1v) is 3.36. The van der Waals surface area contributed by atoms with Crippen molar-refractivity contribution in [2.75, 3.05) is 26.4 Å². The second-order valence-corrected chi connectivity index (χ2v) is 2.21. The van der Waals surface area contributed by atoms with Gasteiger partial charge in [-0.05, 0) is 0 Å². The Morgan fingerprint density at radius 1 is 0.917 bits per heavy atom. The van der Waals surface area contributed by atoms with E-state index in [4.69, 9.17) is 25.2 Å². The van der Waals surface area contributed by atoms with Gasteiger partial charge in [-0.3, -0.25) is 0 Å². The van der Waals surface area contributed by atoms with Gasteiger partial charge >= 0.3 is 29.6 Å². The van der Waals surface area contributed by atoms with E-state index < -0.39 is 12.2 Å². The van der Waals surface area contributed by atoms with Crippen LogP contribution >= 0.6 is 0 Å². The Bertz CT molecular complexity index is 82.0. The summed E-state index contributed by atoms with van der Waals surface area (Å²) in [7, 11) is 0. The molecule has 0 saturated carbocycles. The Labute approximate surface area is 93.3 Å². The zero-order valence-corrected chi connectivity index (χ0v) is 6.18. The molecule has 0 bridgehead atoms. The predicted molar refractivity (Wildman–Crippen MR) is 44.2 cm³/mol. The van der Waals surface area contributed by atoms with Gasteiger partial charge in [0.25, 0.3) is 0 Å². The summed E-state index contributed by atoms with van der Waals surface area (Å²) in [4.78, 5) is 0. The predicted octanol–water partition coefficient (Wildman–Crippen LogP) is -2.94. The summed E-state index contributed by atoms with van der Waals surface area (Å²) in [5.41, 5.74) is 0. The van der Waals surface area contributed by atoms with Crippen LogP contribution in [0, 0.1) is 0 Å². The molecule has 0 fully saturated rings. The second kappa shape index (κ2) is 9.88. The van der Waals surface area contributed by atoms with Crippen LogP contribution in [0.4, 0.5) is 0 Å². The standard InChI is InChI=1S/C6H14O5.Na.H/c7-1-5(9)3-11-4-6(10)2-8;;/h5-10H,1-4H2;;. The number of hydrogen-bond donors (Lipinski definition) is 4. The number of aliphatic hydroxyl groups is 4. The molecule has 0 saturated heterocycles. The van der Waals surface area contributed by atoms with Crippen molar-refractivity contribution in [3.05, 3.63) is 0 Å². The van der Waals surface area contributed by atoms with Crippen LogP contribution in [-0.4, -0.2) is 88.6 Å². The van der Waals surface area contributed by atoms with Crippen molar-refractivity contribution < 1.29 is 25.2 Å². The molecule has 0 aliphatic rings. The molecule has 0 aromatic rings. The van der Waals surface area contributed by atoms with Gasteiger partial charge in [-0.2, -0.15) is 0 Å². The van der Waals surface area contributed by atoms with E-state index in [9.17, 15) is 0 Å². The molecule has 0 rings (SSSR count). The molecular weight excluding hydrogens is 175 g/mol. The van der Waals surface area contributed by atoms with E-state index in [0.717, 1.165) is 0 Å². The van der Waals surface area contributed by atoms with Gasteiger partial charge in [0.05, 0.1) is 26.4 Å². The topological polar surface area (TPSA) is 90.2 Å². The van der Waals surface area contributed by atoms with Crippen molar-refractivity contribution in [3.63, 3.8) is 0 Å². The fourth-order valence-electron chi connectivity index (χ4n) is 0.446. The molecule has 2 atom stereocenters. The van der Waals surface area contributed by atoms with Crippen LogP contribution < -0.4 is 0 Å². The van der Waals surface area contributed by atoms with Crippen molar-refractivity contribution in [1.29, 1.82) is 0 Å². The fourth-order valence-corrected chi connectivity index (χ4v) is 0.446. The average molecular weight is 190 g/mol. The summed E-state index contributed by atoms with van der Waals surface area (Å²) in [6.45, 7) is -0.800. The van der Waals surface area contributed by atoms with Gasteiger partial charge in [0.15, 0.2) is 0 Å². The van der Waals surface area contributed by atoms with Crippen molar-refractivity contribution in [1.82, 2.24) is 0 Å². The van der Waals surface area contributed by atoms with Crippen LogP contribution in [0.2, 0.25) is 0 Å². The molecule has 0 heterocycles. The van der Waals surface area contributed by atoms with E-state index in [1.54, 1.807) is 0 Å². The zero-order chi connectivity index (χ0) is 8.69. The zero-order valence-electron chi connectivity index (χ0n) is 6.18. The van der Waals surface area contributed by atoms with Crippen LogP contribution in [-0.2, 0) is 4.74 Å². The van der Waals surface area contributed by atoms with Crippen LogP contribution in [0.1, 0.15) is 0 Å². The third kappa shape index (κ3) is 8.89. The van der Waals surface area contributed by atoms with Gasteiger partial charge in [0.1, 0.15) is 12.2 Å². The summed E-state index contributed by atoms with van der Waals surface area (Å²) >= 11 is 0. The Morgan fingerprint density at radius 3 is 1.50 bits per heavy atom. The van der Waals surface area contributed by atoms with Crippen molar-refractivity contribution in [2.24, 2.45) is 0 Å².